The van der Waals surface area contributed by atoms with Crippen LogP contribution in [0.15, 0.2) is 18.8 Å². The Bertz CT molecular complexity index is 227. The second-order valence-electron chi connectivity index (χ2n) is 1.82. The quantitative estimate of drug-likeness (QED) is 0.582. The summed E-state index contributed by atoms with van der Waals surface area (Å²) in [6, 6.07) is 1.87. The predicted octanol–water partition coefficient (Wildman–Crippen LogP) is 1.32. The van der Waals surface area contributed by atoms with Gasteiger partial charge in [0.1, 0.15) is 0 Å². The lowest BCUT2D eigenvalue weighted by molar-refractivity contribution is 0.764. The van der Waals surface area contributed by atoms with Crippen LogP contribution in [0.4, 0.5) is 0 Å². The molecule has 1 heterocycles. The lowest BCUT2D eigenvalue weighted by atomic mass is 10.4. The third-order valence-corrected chi connectivity index (χ3v) is 1.24. The fourth-order valence-electron chi connectivity index (χ4n) is 0.569. The van der Waals surface area contributed by atoms with Gasteiger partial charge >= 0.3 is 0 Å². The van der Waals surface area contributed by atoms with Gasteiger partial charge in [-0.05, 0) is 6.07 Å². The minimum atomic E-state index is 0.704. The van der Waals surface area contributed by atoms with Crippen LogP contribution < -0.4 is 0 Å². The van der Waals surface area contributed by atoms with Gasteiger partial charge in [-0.3, -0.25) is 4.68 Å². The van der Waals surface area contributed by atoms with E-state index in [2.05, 4.69) is 24.3 Å². The zero-order chi connectivity index (χ0) is 6.85. The van der Waals surface area contributed by atoms with Crippen molar-refractivity contribution in [1.82, 2.24) is 9.78 Å². The molecule has 1 aromatic rings. The predicted molar refractivity (Wildman–Crippen MR) is 41.2 cm³/mol. The van der Waals surface area contributed by atoms with Crippen LogP contribution in [0.2, 0.25) is 0 Å². The molecule has 9 heavy (non-hydrogen) atoms. The van der Waals surface area contributed by atoms with E-state index in [1.165, 1.54) is 0 Å². The van der Waals surface area contributed by atoms with Crippen LogP contribution >= 0.6 is 12.6 Å². The van der Waals surface area contributed by atoms with E-state index in [1.54, 1.807) is 4.68 Å². The summed E-state index contributed by atoms with van der Waals surface area (Å²) in [7, 11) is 1.86. The smallest absolute Gasteiger partial charge is 0.0977 e. The van der Waals surface area contributed by atoms with E-state index >= 15 is 0 Å². The summed E-state index contributed by atoms with van der Waals surface area (Å²) >= 11 is 4.03. The van der Waals surface area contributed by atoms with Crippen molar-refractivity contribution in [3.05, 3.63) is 24.5 Å². The van der Waals surface area contributed by atoms with Crippen LogP contribution in [0.5, 0.6) is 0 Å². The molecule has 0 atom stereocenters. The molecule has 0 bridgehead atoms. The van der Waals surface area contributed by atoms with E-state index in [-0.39, 0.29) is 0 Å². The summed E-state index contributed by atoms with van der Waals surface area (Å²) in [4.78, 5) is 0.704. The molecule has 48 valence electrons. The van der Waals surface area contributed by atoms with Crippen molar-refractivity contribution in [3.63, 3.8) is 0 Å². The topological polar surface area (TPSA) is 17.8 Å². The largest absolute Gasteiger partial charge is 0.275 e. The van der Waals surface area contributed by atoms with Gasteiger partial charge in [0.05, 0.1) is 5.69 Å². The van der Waals surface area contributed by atoms with Gasteiger partial charge in [0.2, 0.25) is 0 Å². The minimum Gasteiger partial charge on any atom is -0.275 e. The molecule has 2 nitrogen and oxygen atoms in total. The van der Waals surface area contributed by atoms with Gasteiger partial charge in [-0.2, -0.15) is 5.10 Å². The van der Waals surface area contributed by atoms with Gasteiger partial charge in [-0.25, -0.2) is 0 Å². The fraction of sp³-hybridized carbons (Fsp3) is 0.167. The summed E-state index contributed by atoms with van der Waals surface area (Å²) in [5.74, 6) is 0. The number of hydrogen-bond donors (Lipinski definition) is 1. The van der Waals surface area contributed by atoms with Crippen LogP contribution in [-0.2, 0) is 7.05 Å². The normalized spacial score (nSPS) is 9.56. The van der Waals surface area contributed by atoms with Crippen LogP contribution in [0.25, 0.3) is 4.91 Å². The first-order valence-corrected chi connectivity index (χ1v) is 3.03. The molecule has 1 rings (SSSR count). The van der Waals surface area contributed by atoms with Crippen molar-refractivity contribution in [2.75, 3.05) is 0 Å². The van der Waals surface area contributed by atoms with Gasteiger partial charge in [0.25, 0.3) is 0 Å². The van der Waals surface area contributed by atoms with Crippen molar-refractivity contribution in [1.29, 1.82) is 0 Å². The summed E-state index contributed by atoms with van der Waals surface area (Å²) in [6.07, 6.45) is 1.86. The Hall–Kier alpha value is -0.700. The first-order valence-electron chi connectivity index (χ1n) is 2.58. The maximum Gasteiger partial charge on any atom is 0.0977 e. The van der Waals surface area contributed by atoms with E-state index in [0.717, 1.165) is 5.69 Å². The number of aryl methyl sites for hydroxylation is 1. The molecular weight excluding hydrogens is 132 g/mol. The van der Waals surface area contributed by atoms with Crippen LogP contribution in [0.3, 0.4) is 0 Å². The Morgan fingerprint density at radius 1 is 1.89 bits per heavy atom. The molecule has 0 saturated carbocycles. The Balaban J connectivity index is 2.98. The van der Waals surface area contributed by atoms with Crippen molar-refractivity contribution >= 4 is 17.5 Å². The monoisotopic (exact) mass is 140 g/mol. The third-order valence-electron chi connectivity index (χ3n) is 1.01. The Morgan fingerprint density at radius 3 is 2.78 bits per heavy atom. The Morgan fingerprint density at radius 2 is 2.56 bits per heavy atom. The van der Waals surface area contributed by atoms with E-state index in [9.17, 15) is 0 Å². The summed E-state index contributed by atoms with van der Waals surface area (Å²) in [5, 5.41) is 4.05. The van der Waals surface area contributed by atoms with E-state index < -0.39 is 0 Å². The van der Waals surface area contributed by atoms with E-state index in [4.69, 9.17) is 0 Å². The van der Waals surface area contributed by atoms with Gasteiger partial charge in [0, 0.05) is 18.1 Å². The molecule has 0 aromatic carbocycles. The van der Waals surface area contributed by atoms with Crippen molar-refractivity contribution in [2.24, 2.45) is 7.05 Å². The molecule has 0 aliphatic rings. The highest BCUT2D eigenvalue weighted by atomic mass is 32.1. The molecule has 0 aliphatic carbocycles. The molecule has 0 aliphatic heterocycles. The number of thiol groups is 1. The van der Waals surface area contributed by atoms with Gasteiger partial charge in [-0.15, -0.1) is 12.6 Å². The van der Waals surface area contributed by atoms with Gasteiger partial charge in [-0.1, -0.05) is 6.58 Å². The maximum absolute atomic E-state index is 4.05. The molecule has 1 aromatic heterocycles. The molecule has 3 heteroatoms. The Labute approximate surface area is 59.6 Å². The second-order valence-corrected chi connectivity index (χ2v) is 2.36. The number of hydrogen-bond acceptors (Lipinski definition) is 2. The number of rotatable bonds is 1. The highest BCUT2D eigenvalue weighted by Gasteiger charge is 1.94. The zero-order valence-electron chi connectivity index (χ0n) is 5.20. The number of aromatic nitrogens is 2. The van der Waals surface area contributed by atoms with E-state index in [0.29, 0.717) is 4.91 Å². The standard InChI is InChI=1S/C6H8N2S/c1-5(9)6-3-4-8(2)7-6/h3-4,9H,1H2,2H3. The molecule has 0 spiro atoms. The van der Waals surface area contributed by atoms with Gasteiger partial charge in [0.15, 0.2) is 0 Å². The van der Waals surface area contributed by atoms with Crippen LogP contribution in [0, 0.1) is 0 Å². The van der Waals surface area contributed by atoms with Crippen molar-refractivity contribution < 1.29 is 0 Å². The summed E-state index contributed by atoms with van der Waals surface area (Å²) in [5.41, 5.74) is 0.834. The second kappa shape index (κ2) is 2.27. The summed E-state index contributed by atoms with van der Waals surface area (Å²) in [6.45, 7) is 3.63. The SMILES string of the molecule is C=C(S)c1ccn(C)n1. The molecule has 0 N–H and O–H groups in total. The number of nitrogens with zero attached hydrogens (tertiary/aromatic N) is 2. The molecule has 0 amide bonds. The van der Waals surface area contributed by atoms with Gasteiger partial charge < -0.3 is 0 Å². The van der Waals surface area contributed by atoms with E-state index in [1.807, 2.05) is 19.3 Å². The first-order chi connectivity index (χ1) is 4.20. The molecule has 0 saturated heterocycles. The van der Waals surface area contributed by atoms with Crippen LogP contribution in [-0.4, -0.2) is 9.78 Å². The fourth-order valence-corrected chi connectivity index (χ4v) is 0.688. The average molecular weight is 140 g/mol. The lowest BCUT2D eigenvalue weighted by Gasteiger charge is -1.87. The highest BCUT2D eigenvalue weighted by Crippen LogP contribution is 2.11. The molecule has 0 fully saturated rings. The molecule has 0 radical (unpaired) electrons. The third kappa shape index (κ3) is 1.36. The highest BCUT2D eigenvalue weighted by molar-refractivity contribution is 7.90. The summed E-state index contributed by atoms with van der Waals surface area (Å²) < 4.78 is 1.72. The maximum atomic E-state index is 4.05. The minimum absolute atomic E-state index is 0.704. The Kier molecular flexibility index (Phi) is 1.62. The lowest BCUT2D eigenvalue weighted by Crippen LogP contribution is -1.87. The van der Waals surface area contributed by atoms with Crippen LogP contribution in [0.1, 0.15) is 5.69 Å². The van der Waals surface area contributed by atoms with Crippen molar-refractivity contribution in [2.45, 2.75) is 0 Å². The molecular formula is C6H8N2S. The average Bonchev–Trinajstić information content (AvgIpc) is 2.14. The molecule has 0 unspecified atom stereocenters. The van der Waals surface area contributed by atoms with Crippen molar-refractivity contribution in [3.8, 4) is 0 Å². The zero-order valence-corrected chi connectivity index (χ0v) is 6.10. The first kappa shape index (κ1) is 6.42.